The largest absolute Gasteiger partial charge is 0.349 e. The van der Waals surface area contributed by atoms with Crippen LogP contribution in [0.5, 0.6) is 0 Å². The van der Waals surface area contributed by atoms with Gasteiger partial charge in [-0.1, -0.05) is 37.1 Å². The van der Waals surface area contributed by atoms with Crippen LogP contribution in [0.2, 0.25) is 0 Å². The number of anilines is 1. The van der Waals surface area contributed by atoms with E-state index in [0.717, 1.165) is 25.7 Å². The smallest absolute Gasteiger partial charge is 0.313 e. The van der Waals surface area contributed by atoms with Crippen LogP contribution in [0.25, 0.3) is 0 Å². The molecule has 0 atom stereocenters. The van der Waals surface area contributed by atoms with Crippen LogP contribution >= 0.6 is 0 Å². The SMILES string of the molecule is O=C(NCc1ccc(F)cc1)C(=O)Nc1ccccc1C(=O)NC1CCCC1. The molecule has 1 aliphatic rings. The van der Waals surface area contributed by atoms with Crippen LogP contribution in [0.3, 0.4) is 0 Å². The average Bonchev–Trinajstić information content (AvgIpc) is 3.20. The molecule has 0 radical (unpaired) electrons. The number of nitrogens with one attached hydrogen (secondary N) is 3. The summed E-state index contributed by atoms with van der Waals surface area (Å²) in [4.78, 5) is 36.8. The molecule has 0 spiro atoms. The van der Waals surface area contributed by atoms with Gasteiger partial charge in [-0.05, 0) is 42.7 Å². The van der Waals surface area contributed by atoms with E-state index in [2.05, 4.69) is 16.0 Å². The van der Waals surface area contributed by atoms with Gasteiger partial charge in [-0.2, -0.15) is 0 Å². The Morgan fingerprint density at radius 1 is 0.929 bits per heavy atom. The minimum atomic E-state index is -0.872. The Bertz CT molecular complexity index is 861. The number of carbonyl (C=O) groups excluding carboxylic acids is 3. The van der Waals surface area contributed by atoms with Gasteiger partial charge in [-0.15, -0.1) is 0 Å². The van der Waals surface area contributed by atoms with Crippen LogP contribution in [0.15, 0.2) is 48.5 Å². The van der Waals surface area contributed by atoms with Crippen LogP contribution in [0.1, 0.15) is 41.6 Å². The Morgan fingerprint density at radius 2 is 1.61 bits per heavy atom. The minimum Gasteiger partial charge on any atom is -0.349 e. The monoisotopic (exact) mass is 383 g/mol. The molecule has 146 valence electrons. The van der Waals surface area contributed by atoms with Gasteiger partial charge in [-0.25, -0.2) is 4.39 Å². The van der Waals surface area contributed by atoms with Crippen molar-refractivity contribution in [1.82, 2.24) is 10.6 Å². The molecule has 7 heteroatoms. The molecule has 0 saturated heterocycles. The third kappa shape index (κ3) is 5.16. The van der Waals surface area contributed by atoms with Gasteiger partial charge in [-0.3, -0.25) is 14.4 Å². The van der Waals surface area contributed by atoms with E-state index in [1.807, 2.05) is 0 Å². The quantitative estimate of drug-likeness (QED) is 0.694. The third-order valence-corrected chi connectivity index (χ3v) is 4.68. The first-order chi connectivity index (χ1) is 13.5. The lowest BCUT2D eigenvalue weighted by Crippen LogP contribution is -2.36. The molecule has 3 amide bonds. The fourth-order valence-electron chi connectivity index (χ4n) is 3.17. The van der Waals surface area contributed by atoms with E-state index in [9.17, 15) is 18.8 Å². The van der Waals surface area contributed by atoms with Gasteiger partial charge in [0.1, 0.15) is 5.82 Å². The van der Waals surface area contributed by atoms with Crippen molar-refractivity contribution in [2.75, 3.05) is 5.32 Å². The summed E-state index contributed by atoms with van der Waals surface area (Å²) in [5.41, 5.74) is 1.26. The Morgan fingerprint density at radius 3 is 2.32 bits per heavy atom. The zero-order valence-electron chi connectivity index (χ0n) is 15.3. The van der Waals surface area contributed by atoms with Gasteiger partial charge in [0.2, 0.25) is 0 Å². The Kier molecular flexibility index (Phi) is 6.37. The number of halogens is 1. The van der Waals surface area contributed by atoms with Gasteiger partial charge in [0, 0.05) is 12.6 Å². The second-order valence-corrected chi connectivity index (χ2v) is 6.76. The number of carbonyl (C=O) groups is 3. The predicted molar refractivity (Wildman–Crippen MR) is 103 cm³/mol. The van der Waals surface area contributed by atoms with E-state index in [4.69, 9.17) is 0 Å². The zero-order valence-corrected chi connectivity index (χ0v) is 15.3. The second-order valence-electron chi connectivity index (χ2n) is 6.76. The average molecular weight is 383 g/mol. The first kappa shape index (κ1) is 19.5. The molecule has 1 aliphatic carbocycles. The van der Waals surface area contributed by atoms with Gasteiger partial charge in [0.05, 0.1) is 11.3 Å². The molecular formula is C21H22FN3O3. The topological polar surface area (TPSA) is 87.3 Å². The molecule has 28 heavy (non-hydrogen) atoms. The molecule has 0 aliphatic heterocycles. The summed E-state index contributed by atoms with van der Waals surface area (Å²) in [5, 5.41) is 7.93. The lowest BCUT2D eigenvalue weighted by Gasteiger charge is -2.15. The Labute approximate surface area is 162 Å². The van der Waals surface area contributed by atoms with Crippen LogP contribution in [0.4, 0.5) is 10.1 Å². The molecule has 6 nitrogen and oxygen atoms in total. The summed E-state index contributed by atoms with van der Waals surface area (Å²) in [6, 6.07) is 12.3. The summed E-state index contributed by atoms with van der Waals surface area (Å²) >= 11 is 0. The maximum Gasteiger partial charge on any atom is 0.313 e. The highest BCUT2D eigenvalue weighted by molar-refractivity contribution is 6.40. The molecule has 0 heterocycles. The normalized spacial score (nSPS) is 13.8. The van der Waals surface area contributed by atoms with Gasteiger partial charge in [0.25, 0.3) is 5.91 Å². The lowest BCUT2D eigenvalue weighted by molar-refractivity contribution is -0.136. The highest BCUT2D eigenvalue weighted by Gasteiger charge is 2.21. The Balaban J connectivity index is 1.59. The molecule has 0 unspecified atom stereocenters. The maximum absolute atomic E-state index is 12.9. The number of benzene rings is 2. The van der Waals surface area contributed by atoms with Crippen molar-refractivity contribution in [1.29, 1.82) is 0 Å². The fraction of sp³-hybridized carbons (Fsp3) is 0.286. The van der Waals surface area contributed by atoms with Crippen molar-refractivity contribution in [3.05, 3.63) is 65.5 Å². The minimum absolute atomic E-state index is 0.0936. The maximum atomic E-state index is 12.9. The standard InChI is InChI=1S/C21H22FN3O3/c22-15-11-9-14(10-12-15)13-23-20(27)21(28)25-18-8-4-3-7-17(18)19(26)24-16-5-1-2-6-16/h3-4,7-12,16H,1-2,5-6,13H2,(H,23,27)(H,24,26)(H,25,28). The van der Waals surface area contributed by atoms with Crippen molar-refractivity contribution in [2.45, 2.75) is 38.3 Å². The summed E-state index contributed by atoms with van der Waals surface area (Å²) in [5.74, 6) is -2.35. The number of para-hydroxylation sites is 1. The van der Waals surface area contributed by atoms with Gasteiger partial charge < -0.3 is 16.0 Å². The predicted octanol–water partition coefficient (Wildman–Crippen LogP) is 2.75. The van der Waals surface area contributed by atoms with E-state index >= 15 is 0 Å². The summed E-state index contributed by atoms with van der Waals surface area (Å²) in [7, 11) is 0. The fourth-order valence-corrected chi connectivity index (χ4v) is 3.17. The summed E-state index contributed by atoms with van der Waals surface area (Å²) < 4.78 is 12.9. The van der Waals surface area contributed by atoms with Crippen LogP contribution in [-0.4, -0.2) is 23.8 Å². The molecule has 1 saturated carbocycles. The number of amides is 3. The number of rotatable bonds is 5. The Hall–Kier alpha value is -3.22. The molecular weight excluding hydrogens is 361 g/mol. The van der Waals surface area contributed by atoms with Crippen LogP contribution in [0, 0.1) is 5.82 Å². The highest BCUT2D eigenvalue weighted by atomic mass is 19.1. The van der Waals surface area contributed by atoms with Gasteiger partial charge >= 0.3 is 11.8 Å². The van der Waals surface area contributed by atoms with Crippen LogP contribution < -0.4 is 16.0 Å². The lowest BCUT2D eigenvalue weighted by atomic mass is 10.1. The van der Waals surface area contributed by atoms with E-state index in [0.29, 0.717) is 11.1 Å². The highest BCUT2D eigenvalue weighted by Crippen LogP contribution is 2.20. The van der Waals surface area contributed by atoms with E-state index in [-0.39, 0.29) is 30.0 Å². The van der Waals surface area contributed by atoms with E-state index in [1.165, 1.54) is 24.3 Å². The first-order valence-electron chi connectivity index (χ1n) is 9.26. The van der Waals surface area contributed by atoms with E-state index < -0.39 is 11.8 Å². The zero-order chi connectivity index (χ0) is 19.9. The van der Waals surface area contributed by atoms with Crippen molar-refractivity contribution in [3.8, 4) is 0 Å². The molecule has 3 N–H and O–H groups in total. The third-order valence-electron chi connectivity index (χ3n) is 4.68. The molecule has 2 aromatic carbocycles. The molecule has 1 fully saturated rings. The molecule has 3 rings (SSSR count). The first-order valence-corrected chi connectivity index (χ1v) is 9.26. The van der Waals surface area contributed by atoms with Crippen LogP contribution in [-0.2, 0) is 16.1 Å². The molecule has 0 bridgehead atoms. The van der Waals surface area contributed by atoms with Crippen molar-refractivity contribution in [2.24, 2.45) is 0 Å². The molecule has 2 aromatic rings. The van der Waals surface area contributed by atoms with Crippen molar-refractivity contribution in [3.63, 3.8) is 0 Å². The number of hydrogen-bond donors (Lipinski definition) is 3. The number of hydrogen-bond acceptors (Lipinski definition) is 3. The van der Waals surface area contributed by atoms with Crippen molar-refractivity contribution < 1.29 is 18.8 Å². The summed E-state index contributed by atoms with van der Waals surface area (Å²) in [6.07, 6.45) is 4.09. The van der Waals surface area contributed by atoms with Crippen molar-refractivity contribution >= 4 is 23.4 Å². The summed E-state index contributed by atoms with van der Waals surface area (Å²) in [6.45, 7) is 0.0936. The molecule has 0 aromatic heterocycles. The second kappa shape index (κ2) is 9.12. The van der Waals surface area contributed by atoms with Gasteiger partial charge in [0.15, 0.2) is 0 Å². The van der Waals surface area contributed by atoms with E-state index in [1.54, 1.807) is 24.3 Å².